The second-order valence-electron chi connectivity index (χ2n) is 11.2. The molecule has 3 aromatic rings. The van der Waals surface area contributed by atoms with E-state index >= 15 is 0 Å². The number of halogens is 6. The number of rotatable bonds is 12. The van der Waals surface area contributed by atoms with Gasteiger partial charge in [-0.3, -0.25) is 14.6 Å². The highest BCUT2D eigenvalue weighted by molar-refractivity contribution is 5.85. The minimum Gasteiger partial charge on any atom is -0.481 e. The number of hydrogen-bond donors (Lipinski definition) is 1. The van der Waals surface area contributed by atoms with Crippen LogP contribution in [-0.2, 0) is 11.3 Å². The highest BCUT2D eigenvalue weighted by atomic mass is 35.5. The minimum absolute atomic E-state index is 0. The van der Waals surface area contributed by atoms with Crippen LogP contribution in [-0.4, -0.2) is 120 Å². The van der Waals surface area contributed by atoms with Gasteiger partial charge in [0.25, 0.3) is 0 Å². The first kappa shape index (κ1) is 39.0. The first-order chi connectivity index (χ1) is 22.2. The normalized spacial score (nSPS) is 18.4. The highest BCUT2D eigenvalue weighted by Gasteiger charge is 2.43. The second-order valence-corrected chi connectivity index (χ2v) is 11.2. The van der Waals surface area contributed by atoms with Crippen LogP contribution in [0.3, 0.4) is 0 Å². The summed E-state index contributed by atoms with van der Waals surface area (Å²) in [5.41, 5.74) is 2.37. The molecule has 0 spiro atoms. The number of hydrogen-bond acceptors (Lipinski definition) is 9. The molecule has 48 heavy (non-hydrogen) atoms. The van der Waals surface area contributed by atoms with Gasteiger partial charge in [-0.05, 0) is 11.1 Å². The fourth-order valence-electron chi connectivity index (χ4n) is 6.34. The summed E-state index contributed by atoms with van der Waals surface area (Å²) >= 11 is 0. The average Bonchev–Trinajstić information content (AvgIpc) is 3.07. The summed E-state index contributed by atoms with van der Waals surface area (Å²) in [6.45, 7) is -1.03. The molecule has 10 nitrogen and oxygen atoms in total. The van der Waals surface area contributed by atoms with E-state index in [1.807, 2.05) is 36.4 Å². The molecule has 0 aliphatic carbocycles. The molecule has 264 valence electrons. The van der Waals surface area contributed by atoms with E-state index in [1.54, 1.807) is 4.90 Å². The number of nitrogens with zero attached hydrogens (tertiary/aromatic N) is 5. The van der Waals surface area contributed by atoms with Crippen molar-refractivity contribution < 1.29 is 41.7 Å². The van der Waals surface area contributed by atoms with Crippen molar-refractivity contribution in [3.63, 3.8) is 0 Å². The third-order valence-electron chi connectivity index (χ3n) is 8.23. The van der Waals surface area contributed by atoms with Gasteiger partial charge in [0, 0.05) is 57.3 Å². The monoisotopic (exact) mass is 719 g/mol. The van der Waals surface area contributed by atoms with Crippen LogP contribution in [0.4, 0.5) is 17.6 Å². The molecule has 1 N–H and O–H groups in total. The van der Waals surface area contributed by atoms with Gasteiger partial charge in [0.05, 0.1) is 12.7 Å². The number of carbonyl (C=O) groups excluding carboxylic acids is 1. The SMILES string of the molecule is COc1nc(OCCF)nc(OCC(F)(F)F)c1CN1C[C@@H]2CN(C(=O)CO)CCN2[C@H](C(c2ccccc2)c2ccccc2)C1.Cl.Cl. The van der Waals surface area contributed by atoms with Gasteiger partial charge in [-0.1, -0.05) is 60.7 Å². The van der Waals surface area contributed by atoms with Gasteiger partial charge in [0.15, 0.2) is 6.61 Å². The predicted octanol–water partition coefficient (Wildman–Crippen LogP) is 4.14. The molecule has 1 aromatic heterocycles. The van der Waals surface area contributed by atoms with Gasteiger partial charge < -0.3 is 24.2 Å². The third kappa shape index (κ3) is 9.59. The van der Waals surface area contributed by atoms with E-state index < -0.39 is 32.7 Å². The number of amides is 1. The number of methoxy groups -OCH3 is 1. The summed E-state index contributed by atoms with van der Waals surface area (Å²) in [5.74, 6) is -0.870. The topological polar surface area (TPSA) is 100 Å². The van der Waals surface area contributed by atoms with Gasteiger partial charge in [-0.2, -0.15) is 23.1 Å². The molecule has 0 bridgehead atoms. The fraction of sp³-hybridized carbons (Fsp3) is 0.469. The summed E-state index contributed by atoms with van der Waals surface area (Å²) in [6, 6.07) is 19.5. The molecule has 0 unspecified atom stereocenters. The van der Waals surface area contributed by atoms with Crippen LogP contribution in [0, 0.1) is 0 Å². The largest absolute Gasteiger partial charge is 0.481 e. The third-order valence-corrected chi connectivity index (χ3v) is 8.23. The molecule has 5 rings (SSSR count). The molecule has 2 atom stereocenters. The van der Waals surface area contributed by atoms with Crippen molar-refractivity contribution in [2.24, 2.45) is 0 Å². The number of benzene rings is 2. The Hall–Kier alpha value is -3.43. The van der Waals surface area contributed by atoms with Gasteiger partial charge in [0.2, 0.25) is 17.7 Å². The van der Waals surface area contributed by atoms with E-state index in [0.717, 1.165) is 11.1 Å². The van der Waals surface area contributed by atoms with Crippen LogP contribution in [0.15, 0.2) is 60.7 Å². The molecule has 2 aliphatic heterocycles. The molecule has 2 aliphatic rings. The van der Waals surface area contributed by atoms with Crippen molar-refractivity contribution in [1.82, 2.24) is 24.7 Å². The Morgan fingerprint density at radius 3 is 2.12 bits per heavy atom. The second kappa shape index (κ2) is 17.8. The van der Waals surface area contributed by atoms with Crippen LogP contribution in [0.25, 0.3) is 0 Å². The Kier molecular flexibility index (Phi) is 14.5. The van der Waals surface area contributed by atoms with Crippen LogP contribution in [0.2, 0.25) is 0 Å². The van der Waals surface area contributed by atoms with Crippen molar-refractivity contribution in [3.05, 3.63) is 77.4 Å². The maximum Gasteiger partial charge on any atom is 0.422 e. The van der Waals surface area contributed by atoms with Gasteiger partial charge >= 0.3 is 12.2 Å². The van der Waals surface area contributed by atoms with E-state index in [4.69, 9.17) is 14.2 Å². The lowest BCUT2D eigenvalue weighted by Gasteiger charge is -2.53. The fourth-order valence-corrected chi connectivity index (χ4v) is 6.34. The molecular weight excluding hydrogens is 681 g/mol. The van der Waals surface area contributed by atoms with Crippen LogP contribution >= 0.6 is 24.8 Å². The van der Waals surface area contributed by atoms with Crippen LogP contribution in [0.1, 0.15) is 22.6 Å². The van der Waals surface area contributed by atoms with E-state index in [0.29, 0.717) is 32.7 Å². The van der Waals surface area contributed by atoms with E-state index in [2.05, 4.69) is 44.0 Å². The zero-order chi connectivity index (χ0) is 32.7. The Balaban J connectivity index is 0.00000312. The lowest BCUT2D eigenvalue weighted by molar-refractivity contribution is -0.154. The predicted molar refractivity (Wildman–Crippen MR) is 174 cm³/mol. The molecule has 2 fully saturated rings. The van der Waals surface area contributed by atoms with Crippen LogP contribution in [0.5, 0.6) is 17.8 Å². The first-order valence-corrected chi connectivity index (χ1v) is 15.0. The summed E-state index contributed by atoms with van der Waals surface area (Å²) in [7, 11) is 1.32. The Bertz CT molecular complexity index is 1410. The number of aliphatic hydroxyl groups is 1. The summed E-state index contributed by atoms with van der Waals surface area (Å²) in [6.07, 6.45) is -4.64. The zero-order valence-corrected chi connectivity index (χ0v) is 27.9. The summed E-state index contributed by atoms with van der Waals surface area (Å²) < 4.78 is 68.3. The van der Waals surface area contributed by atoms with Crippen LogP contribution < -0.4 is 14.2 Å². The molecule has 16 heteroatoms. The van der Waals surface area contributed by atoms with Gasteiger partial charge in [-0.25, -0.2) is 4.39 Å². The van der Waals surface area contributed by atoms with Crippen molar-refractivity contribution in [1.29, 1.82) is 0 Å². The number of alkyl halides is 4. The van der Waals surface area contributed by atoms with Crippen molar-refractivity contribution in [3.8, 4) is 17.8 Å². The Morgan fingerprint density at radius 2 is 1.56 bits per heavy atom. The highest BCUT2D eigenvalue weighted by Crippen LogP contribution is 2.38. The Morgan fingerprint density at radius 1 is 0.938 bits per heavy atom. The number of ether oxygens (including phenoxy) is 3. The number of fused-ring (bicyclic) bond motifs is 1. The molecule has 2 aromatic carbocycles. The smallest absolute Gasteiger partial charge is 0.422 e. The lowest BCUT2D eigenvalue weighted by Crippen LogP contribution is -2.67. The van der Waals surface area contributed by atoms with Gasteiger partial charge in [0.1, 0.15) is 19.9 Å². The first-order valence-electron chi connectivity index (χ1n) is 15.0. The number of piperazine rings is 2. The van der Waals surface area contributed by atoms with E-state index in [1.165, 1.54) is 7.11 Å². The maximum atomic E-state index is 13.2. The average molecular weight is 721 g/mol. The zero-order valence-electron chi connectivity index (χ0n) is 26.2. The molecule has 0 saturated carbocycles. The van der Waals surface area contributed by atoms with E-state index in [9.17, 15) is 27.5 Å². The van der Waals surface area contributed by atoms with Gasteiger partial charge in [-0.15, -0.1) is 24.8 Å². The lowest BCUT2D eigenvalue weighted by atomic mass is 9.81. The summed E-state index contributed by atoms with van der Waals surface area (Å²) in [5, 5.41) is 9.57. The van der Waals surface area contributed by atoms with E-state index in [-0.39, 0.29) is 78.6 Å². The quantitative estimate of drug-likeness (QED) is 0.277. The maximum absolute atomic E-state index is 13.2. The molecule has 0 radical (unpaired) electrons. The minimum atomic E-state index is -4.64. The van der Waals surface area contributed by atoms with Crippen molar-refractivity contribution >= 4 is 30.7 Å². The molecule has 3 heterocycles. The van der Waals surface area contributed by atoms with Crippen molar-refractivity contribution in [2.45, 2.75) is 30.7 Å². The standard InChI is InChI=1S/C32H37F4N5O5.2ClH/c1-44-29-25(30(46-21-32(34,35)36)38-31(37-29)45-15-12-33)18-39-16-24-17-40(27(43)20-42)13-14-41(24)26(19-39)28(22-8-4-2-5-9-22)23-10-6-3-7-11-23;;/h2-11,24,26,28,42H,12-21H2,1H3;2*1H/t24-,26+;;/m1../s1. The van der Waals surface area contributed by atoms with Crippen molar-refractivity contribution in [2.75, 3.05) is 66.3 Å². The molecular formula is C32H39Cl2F4N5O5. The Labute approximate surface area is 288 Å². The molecule has 2 saturated heterocycles. The number of aromatic nitrogens is 2. The molecule has 1 amide bonds. The summed E-state index contributed by atoms with van der Waals surface area (Å²) in [4.78, 5) is 26.9. The number of carbonyl (C=O) groups is 1. The number of aliphatic hydroxyl groups excluding tert-OH is 1.